The fraction of sp³-hybridized carbons (Fsp3) is 0.389. The third-order valence-corrected chi connectivity index (χ3v) is 5.97. The number of thiophene rings is 1. The molecule has 0 bridgehead atoms. The molecule has 2 rings (SSSR count). The first kappa shape index (κ1) is 19.5. The van der Waals surface area contributed by atoms with Crippen LogP contribution in [0.5, 0.6) is 11.5 Å². The summed E-state index contributed by atoms with van der Waals surface area (Å²) < 4.78 is 39.6. The second kappa shape index (κ2) is 9.58. The highest BCUT2D eigenvalue weighted by Crippen LogP contribution is 2.28. The molecule has 0 saturated heterocycles. The zero-order valence-electron chi connectivity index (χ0n) is 14.5. The van der Waals surface area contributed by atoms with Crippen molar-refractivity contribution < 1.29 is 17.9 Å². The fourth-order valence-electron chi connectivity index (χ4n) is 2.12. The highest BCUT2D eigenvalue weighted by Gasteiger charge is 2.13. The lowest BCUT2D eigenvalue weighted by molar-refractivity contribution is 0.271. The minimum absolute atomic E-state index is 0.227. The van der Waals surface area contributed by atoms with Crippen LogP contribution < -0.4 is 9.47 Å². The minimum atomic E-state index is -3.66. The van der Waals surface area contributed by atoms with Gasteiger partial charge in [-0.3, -0.25) is 0 Å². The molecular weight excluding hydrogens is 358 g/mol. The molecule has 0 unspecified atom stereocenters. The Morgan fingerprint density at radius 2 is 1.96 bits per heavy atom. The minimum Gasteiger partial charge on any atom is -0.490 e. The second-order valence-electron chi connectivity index (χ2n) is 5.34. The number of sulfonamides is 1. The maximum Gasteiger partial charge on any atom is 0.291 e. The Balaban J connectivity index is 2.13. The zero-order valence-corrected chi connectivity index (χ0v) is 16.1. The van der Waals surface area contributed by atoms with Crippen LogP contribution in [-0.4, -0.2) is 27.8 Å². The maximum absolute atomic E-state index is 12.1. The van der Waals surface area contributed by atoms with Gasteiger partial charge in [-0.1, -0.05) is 25.8 Å². The molecule has 1 aromatic heterocycles. The van der Waals surface area contributed by atoms with E-state index in [0.29, 0.717) is 30.3 Å². The molecule has 0 radical (unpaired) electrons. The normalized spacial score (nSPS) is 11.8. The predicted octanol–water partition coefficient (Wildman–Crippen LogP) is 4.52. The first-order valence-corrected chi connectivity index (χ1v) is 10.6. The van der Waals surface area contributed by atoms with Gasteiger partial charge in [0, 0.05) is 6.21 Å². The quantitative estimate of drug-likeness (QED) is 0.448. The Morgan fingerprint density at radius 1 is 1.12 bits per heavy atom. The predicted molar refractivity (Wildman–Crippen MR) is 102 cm³/mol. The van der Waals surface area contributed by atoms with Gasteiger partial charge in [0.25, 0.3) is 10.0 Å². The summed E-state index contributed by atoms with van der Waals surface area (Å²) in [6.45, 7) is 5.17. The van der Waals surface area contributed by atoms with E-state index in [4.69, 9.17) is 9.47 Å². The largest absolute Gasteiger partial charge is 0.490 e. The fourth-order valence-corrected chi connectivity index (χ4v) is 3.96. The Hall–Kier alpha value is -1.86. The third-order valence-electron chi connectivity index (χ3n) is 3.36. The Morgan fingerprint density at radius 3 is 2.64 bits per heavy atom. The molecule has 5 nitrogen and oxygen atoms in total. The number of nitrogens with zero attached hydrogens (tertiary/aromatic N) is 1. The van der Waals surface area contributed by atoms with Crippen LogP contribution in [0.4, 0.5) is 0 Å². The van der Waals surface area contributed by atoms with Gasteiger partial charge in [-0.05, 0) is 48.6 Å². The van der Waals surface area contributed by atoms with Crippen molar-refractivity contribution in [3.8, 4) is 11.5 Å². The summed E-state index contributed by atoms with van der Waals surface area (Å²) in [5, 5.41) is 1.71. The van der Waals surface area contributed by atoms with E-state index in [2.05, 4.69) is 11.3 Å². The number of benzene rings is 1. The number of rotatable bonds is 10. The summed E-state index contributed by atoms with van der Waals surface area (Å²) in [7, 11) is -3.66. The van der Waals surface area contributed by atoms with Gasteiger partial charge in [0.2, 0.25) is 0 Å². The Labute approximate surface area is 153 Å². The van der Waals surface area contributed by atoms with Crippen LogP contribution in [0, 0.1) is 0 Å². The molecule has 0 fully saturated rings. The highest BCUT2D eigenvalue weighted by atomic mass is 32.2. The van der Waals surface area contributed by atoms with Crippen molar-refractivity contribution >= 4 is 27.6 Å². The number of unbranched alkanes of at least 4 members (excludes halogenated alkanes) is 2. The van der Waals surface area contributed by atoms with Crippen LogP contribution in [0.3, 0.4) is 0 Å². The maximum atomic E-state index is 12.1. The molecule has 0 spiro atoms. The summed E-state index contributed by atoms with van der Waals surface area (Å²) in [6, 6.07) is 8.52. The van der Waals surface area contributed by atoms with Crippen LogP contribution >= 0.6 is 11.3 Å². The lowest BCUT2D eigenvalue weighted by Gasteiger charge is -2.12. The van der Waals surface area contributed by atoms with E-state index in [-0.39, 0.29) is 4.21 Å². The van der Waals surface area contributed by atoms with Crippen molar-refractivity contribution in [2.45, 2.75) is 37.3 Å². The number of hydrogen-bond donors (Lipinski definition) is 0. The third kappa shape index (κ3) is 5.86. The Kier molecular flexibility index (Phi) is 7.46. The zero-order chi connectivity index (χ0) is 18.1. The molecule has 2 aromatic rings. The number of ether oxygens (including phenoxy) is 2. The summed E-state index contributed by atoms with van der Waals surface area (Å²) in [4.78, 5) is 0. The van der Waals surface area contributed by atoms with Gasteiger partial charge in [0.05, 0.1) is 13.2 Å². The summed E-state index contributed by atoms with van der Waals surface area (Å²) in [6.07, 6.45) is 4.58. The average molecular weight is 382 g/mol. The molecule has 1 heterocycles. The molecule has 136 valence electrons. The molecule has 0 saturated carbocycles. The van der Waals surface area contributed by atoms with Crippen LogP contribution in [0.1, 0.15) is 38.7 Å². The molecule has 1 aromatic carbocycles. The molecule has 0 aliphatic carbocycles. The highest BCUT2D eigenvalue weighted by molar-refractivity contribution is 7.92. The topological polar surface area (TPSA) is 65.0 Å². The summed E-state index contributed by atoms with van der Waals surface area (Å²) >= 11 is 1.15. The molecule has 0 amide bonds. The summed E-state index contributed by atoms with van der Waals surface area (Å²) in [5.74, 6) is 1.26. The van der Waals surface area contributed by atoms with Gasteiger partial charge in [0.15, 0.2) is 11.5 Å². The molecule has 25 heavy (non-hydrogen) atoms. The molecule has 7 heteroatoms. The van der Waals surface area contributed by atoms with Crippen molar-refractivity contribution in [3.63, 3.8) is 0 Å². The molecule has 0 N–H and O–H groups in total. The van der Waals surface area contributed by atoms with E-state index in [1.54, 1.807) is 29.6 Å². The van der Waals surface area contributed by atoms with E-state index in [1.165, 1.54) is 12.3 Å². The molecule has 0 aliphatic heterocycles. The smallest absolute Gasteiger partial charge is 0.291 e. The standard InChI is InChI=1S/C18H23NO4S2/c1-3-5-6-11-23-16-10-9-15(13-17(16)22-4-2)14-19-25(20,21)18-8-7-12-24-18/h7-10,12-14H,3-6,11H2,1-2H3/b19-14-. The monoisotopic (exact) mass is 381 g/mol. The van der Waals surface area contributed by atoms with Crippen LogP contribution in [0.2, 0.25) is 0 Å². The van der Waals surface area contributed by atoms with Crippen LogP contribution in [0.15, 0.2) is 44.3 Å². The van der Waals surface area contributed by atoms with Gasteiger partial charge >= 0.3 is 0 Å². The summed E-state index contributed by atoms with van der Waals surface area (Å²) in [5.41, 5.74) is 0.643. The first-order valence-electron chi connectivity index (χ1n) is 8.30. The Bertz CT molecular complexity index is 783. The van der Waals surface area contributed by atoms with E-state index >= 15 is 0 Å². The SMILES string of the molecule is CCCCCOc1ccc(/C=N\S(=O)(=O)c2cccs2)cc1OCC. The van der Waals surface area contributed by atoms with Gasteiger partial charge in [-0.25, -0.2) is 0 Å². The van der Waals surface area contributed by atoms with Gasteiger partial charge in [-0.15, -0.1) is 11.3 Å². The number of hydrogen-bond acceptors (Lipinski definition) is 5. The molecule has 0 aliphatic rings. The van der Waals surface area contributed by atoms with Gasteiger partial charge < -0.3 is 9.47 Å². The van der Waals surface area contributed by atoms with Crippen molar-refractivity contribution in [1.29, 1.82) is 0 Å². The van der Waals surface area contributed by atoms with Crippen molar-refractivity contribution in [2.75, 3.05) is 13.2 Å². The van der Waals surface area contributed by atoms with Gasteiger partial charge in [0.1, 0.15) is 4.21 Å². The molecular formula is C18H23NO4S2. The van der Waals surface area contributed by atoms with Crippen molar-refractivity contribution in [3.05, 3.63) is 41.3 Å². The van der Waals surface area contributed by atoms with E-state index in [9.17, 15) is 8.42 Å². The molecule has 0 atom stereocenters. The second-order valence-corrected chi connectivity index (χ2v) is 8.14. The lowest BCUT2D eigenvalue weighted by Crippen LogP contribution is -2.02. The lowest BCUT2D eigenvalue weighted by atomic mass is 10.2. The van der Waals surface area contributed by atoms with E-state index in [0.717, 1.165) is 30.6 Å². The van der Waals surface area contributed by atoms with Crippen molar-refractivity contribution in [1.82, 2.24) is 0 Å². The van der Waals surface area contributed by atoms with Gasteiger partial charge in [-0.2, -0.15) is 12.8 Å². The van der Waals surface area contributed by atoms with Crippen LogP contribution in [0.25, 0.3) is 0 Å². The van der Waals surface area contributed by atoms with Crippen molar-refractivity contribution in [2.24, 2.45) is 4.40 Å². The van der Waals surface area contributed by atoms with Crippen LogP contribution in [-0.2, 0) is 10.0 Å². The average Bonchev–Trinajstić information content (AvgIpc) is 3.14. The van der Waals surface area contributed by atoms with E-state index < -0.39 is 10.0 Å². The first-order chi connectivity index (χ1) is 12.1. The van der Waals surface area contributed by atoms with E-state index in [1.807, 2.05) is 6.92 Å².